The molecule has 2 aliphatic carbocycles. The van der Waals surface area contributed by atoms with Gasteiger partial charge in [0.1, 0.15) is 5.75 Å². The maximum absolute atomic E-state index is 15.6. The van der Waals surface area contributed by atoms with Gasteiger partial charge in [0.25, 0.3) is 0 Å². The van der Waals surface area contributed by atoms with Crippen molar-refractivity contribution in [3.05, 3.63) is 129 Å². The molecular weight excluding hydrogens is 657 g/mol. The Morgan fingerprint density at radius 1 is 0.723 bits per heavy atom. The van der Waals surface area contributed by atoms with Crippen molar-refractivity contribution in [1.82, 2.24) is 14.9 Å². The molecule has 1 aromatic carbocycles. The third kappa shape index (κ3) is 4.65. The standard InChI is InChI=1S/C35H29F6N3OS2/c1-20-14-25-29-30(34(38,39)35(40,41)33(29,36)37)26-16-28(47-32(26,3)31(25,2)46-20)21-10-11-27(45)22(15-21)17-44(18-23-8-4-6-12-42-23)19-24-9-5-7-13-43-24/h4-16,45H,17-19H2,1-3H3. The van der Waals surface area contributed by atoms with Crippen LogP contribution < -0.4 is 0 Å². The van der Waals surface area contributed by atoms with Crippen LogP contribution in [0.15, 0.2) is 106 Å². The summed E-state index contributed by atoms with van der Waals surface area (Å²) in [5.74, 6) is -15.7. The van der Waals surface area contributed by atoms with E-state index in [1.54, 1.807) is 45.3 Å². The number of rotatable bonds is 7. The normalized spacial score (nSPS) is 26.7. The van der Waals surface area contributed by atoms with E-state index in [1.165, 1.54) is 41.7 Å². The zero-order chi connectivity index (χ0) is 33.6. The molecule has 4 aliphatic rings. The second-order valence-electron chi connectivity index (χ2n) is 12.5. The smallest absolute Gasteiger partial charge is 0.380 e. The van der Waals surface area contributed by atoms with Crippen molar-refractivity contribution in [2.24, 2.45) is 0 Å². The predicted octanol–water partition coefficient (Wildman–Crippen LogP) is 9.17. The fourth-order valence-electron chi connectivity index (χ4n) is 6.94. The van der Waals surface area contributed by atoms with Gasteiger partial charge in [-0.25, -0.2) is 0 Å². The van der Waals surface area contributed by atoms with E-state index in [4.69, 9.17) is 0 Å². The average Bonchev–Trinajstić information content (AvgIpc) is 3.57. The second-order valence-corrected chi connectivity index (χ2v) is 15.6. The third-order valence-corrected chi connectivity index (χ3v) is 12.6. The minimum atomic E-state index is -5.59. The molecule has 1 fully saturated rings. The summed E-state index contributed by atoms with van der Waals surface area (Å²) in [4.78, 5) is 11.9. The average molecular weight is 686 g/mol. The number of aromatic nitrogens is 2. The highest BCUT2D eigenvalue weighted by Gasteiger charge is 2.84. The zero-order valence-electron chi connectivity index (χ0n) is 25.5. The summed E-state index contributed by atoms with van der Waals surface area (Å²) in [6.07, 6.45) is 6.09. The molecule has 12 heteroatoms. The van der Waals surface area contributed by atoms with Crippen LogP contribution in [0.1, 0.15) is 43.3 Å². The first-order valence-corrected chi connectivity index (χ1v) is 16.5. The SMILES string of the molecule is CC1=CC2=C3C(=C4C=C(c5ccc(O)c(CN(Cc6ccccn6)Cc6ccccn6)c5)SC4(C)C2(C)S1)C(F)(F)C(F)(F)C3(F)F. The molecule has 1 saturated carbocycles. The Hall–Kier alpha value is -3.48. The van der Waals surface area contributed by atoms with Crippen LogP contribution in [0.3, 0.4) is 0 Å². The number of phenols is 1. The molecule has 4 nitrogen and oxygen atoms in total. The molecule has 2 aliphatic heterocycles. The molecule has 3 aromatic rings. The number of aromatic hydroxyl groups is 1. The fraction of sp³-hybridized carbons (Fsp3) is 0.314. The summed E-state index contributed by atoms with van der Waals surface area (Å²) in [7, 11) is 0. The Labute approximate surface area is 276 Å². The summed E-state index contributed by atoms with van der Waals surface area (Å²) >= 11 is 2.42. The van der Waals surface area contributed by atoms with Gasteiger partial charge in [-0.3, -0.25) is 14.9 Å². The maximum Gasteiger partial charge on any atom is 0.380 e. The van der Waals surface area contributed by atoms with Crippen LogP contribution in [0.25, 0.3) is 4.91 Å². The topological polar surface area (TPSA) is 49.2 Å². The Morgan fingerprint density at radius 2 is 1.28 bits per heavy atom. The quantitative estimate of drug-likeness (QED) is 0.251. The van der Waals surface area contributed by atoms with E-state index in [-0.39, 0.29) is 23.4 Å². The lowest BCUT2D eigenvalue weighted by Gasteiger charge is -2.47. The number of alkyl halides is 6. The van der Waals surface area contributed by atoms with E-state index in [0.717, 1.165) is 11.4 Å². The summed E-state index contributed by atoms with van der Waals surface area (Å²) in [6.45, 7) is 6.11. The van der Waals surface area contributed by atoms with Gasteiger partial charge in [-0.1, -0.05) is 18.2 Å². The van der Waals surface area contributed by atoms with Crippen LogP contribution in [0, 0.1) is 0 Å². The van der Waals surface area contributed by atoms with Crippen molar-refractivity contribution in [3.8, 4) is 5.75 Å². The van der Waals surface area contributed by atoms with Gasteiger partial charge in [-0.2, -0.15) is 26.3 Å². The molecule has 4 heterocycles. The van der Waals surface area contributed by atoms with Crippen LogP contribution >= 0.6 is 23.5 Å². The van der Waals surface area contributed by atoms with Crippen molar-refractivity contribution in [3.63, 3.8) is 0 Å². The molecule has 0 spiro atoms. The molecule has 0 bridgehead atoms. The van der Waals surface area contributed by atoms with Gasteiger partial charge < -0.3 is 5.11 Å². The molecular formula is C35H29F6N3OS2. The van der Waals surface area contributed by atoms with E-state index in [1.807, 2.05) is 41.3 Å². The highest BCUT2D eigenvalue weighted by molar-refractivity contribution is 8.12. The number of pyridine rings is 2. The number of benzene rings is 1. The lowest BCUT2D eigenvalue weighted by atomic mass is 9.71. The lowest BCUT2D eigenvalue weighted by molar-refractivity contribution is -0.258. The fourth-order valence-corrected chi connectivity index (χ4v) is 10.0. The zero-order valence-corrected chi connectivity index (χ0v) is 27.1. The summed E-state index contributed by atoms with van der Waals surface area (Å²) < 4.78 is 89.3. The Balaban J connectivity index is 1.31. The minimum absolute atomic E-state index is 0.000953. The molecule has 244 valence electrons. The number of hydrogen-bond donors (Lipinski definition) is 1. The van der Waals surface area contributed by atoms with Crippen LogP contribution in [0.5, 0.6) is 5.75 Å². The Kier molecular flexibility index (Phi) is 7.35. The summed E-state index contributed by atoms with van der Waals surface area (Å²) in [5, 5.41) is 10.9. The van der Waals surface area contributed by atoms with Gasteiger partial charge in [0, 0.05) is 53.6 Å². The monoisotopic (exact) mass is 685 g/mol. The maximum atomic E-state index is 15.6. The van der Waals surface area contributed by atoms with Crippen molar-refractivity contribution in [1.29, 1.82) is 0 Å². The van der Waals surface area contributed by atoms with Gasteiger partial charge >= 0.3 is 17.8 Å². The number of fused-ring (bicyclic) bond motifs is 4. The third-order valence-electron chi connectivity index (χ3n) is 9.43. The number of allylic oxidation sites excluding steroid dienone is 5. The summed E-state index contributed by atoms with van der Waals surface area (Å²) in [5.41, 5.74) is -0.292. The highest BCUT2D eigenvalue weighted by atomic mass is 32.2. The predicted molar refractivity (Wildman–Crippen MR) is 172 cm³/mol. The van der Waals surface area contributed by atoms with E-state index in [9.17, 15) is 13.9 Å². The van der Waals surface area contributed by atoms with Crippen molar-refractivity contribution < 1.29 is 31.4 Å². The Morgan fingerprint density at radius 3 is 1.83 bits per heavy atom. The van der Waals surface area contributed by atoms with Gasteiger partial charge in [0.15, 0.2) is 0 Å². The number of hydrogen-bond acceptors (Lipinski definition) is 6. The first kappa shape index (κ1) is 32.1. The number of thioether (sulfide) groups is 2. The van der Waals surface area contributed by atoms with E-state index >= 15 is 17.6 Å². The Bertz CT molecular complexity index is 1870. The first-order chi connectivity index (χ1) is 22.1. The van der Waals surface area contributed by atoms with E-state index in [2.05, 4.69) is 9.97 Å². The number of phenolic OH excluding ortho intramolecular Hbond substituents is 1. The van der Waals surface area contributed by atoms with Gasteiger partial charge in [-0.05, 0) is 90.9 Å². The van der Waals surface area contributed by atoms with Crippen LogP contribution in [0.2, 0.25) is 0 Å². The van der Waals surface area contributed by atoms with Gasteiger partial charge in [0.2, 0.25) is 0 Å². The molecule has 7 rings (SSSR count). The van der Waals surface area contributed by atoms with Crippen molar-refractivity contribution >= 4 is 28.4 Å². The van der Waals surface area contributed by atoms with Gasteiger partial charge in [0.05, 0.1) is 20.9 Å². The number of nitrogens with zero attached hydrogens (tertiary/aromatic N) is 3. The molecule has 1 N–H and O–H groups in total. The molecule has 2 aromatic heterocycles. The van der Waals surface area contributed by atoms with Crippen LogP contribution in [-0.4, -0.2) is 47.2 Å². The molecule has 0 radical (unpaired) electrons. The largest absolute Gasteiger partial charge is 0.508 e. The van der Waals surface area contributed by atoms with Crippen molar-refractivity contribution in [2.45, 2.75) is 67.7 Å². The van der Waals surface area contributed by atoms with E-state index in [0.29, 0.717) is 34.0 Å². The molecule has 2 unspecified atom stereocenters. The number of halogens is 6. The molecule has 2 atom stereocenters. The minimum Gasteiger partial charge on any atom is -0.508 e. The summed E-state index contributed by atoms with van der Waals surface area (Å²) in [6, 6.07) is 16.0. The molecule has 0 amide bonds. The van der Waals surface area contributed by atoms with Gasteiger partial charge in [-0.15, -0.1) is 23.5 Å². The second kappa shape index (κ2) is 10.8. The molecule has 0 saturated heterocycles. The van der Waals surface area contributed by atoms with Crippen LogP contribution in [-0.2, 0) is 19.6 Å². The highest BCUT2D eigenvalue weighted by Crippen LogP contribution is 2.74. The lowest BCUT2D eigenvalue weighted by Crippen LogP contribution is -2.48. The first-order valence-electron chi connectivity index (χ1n) is 14.9. The van der Waals surface area contributed by atoms with Crippen molar-refractivity contribution in [2.75, 3.05) is 0 Å². The van der Waals surface area contributed by atoms with E-state index < -0.39 is 38.4 Å². The van der Waals surface area contributed by atoms with Crippen LogP contribution in [0.4, 0.5) is 26.3 Å². The molecule has 47 heavy (non-hydrogen) atoms.